The highest BCUT2D eigenvalue weighted by atomic mass is 16.5. The van der Waals surface area contributed by atoms with Crippen molar-refractivity contribution in [3.63, 3.8) is 0 Å². The van der Waals surface area contributed by atoms with Crippen LogP contribution in [-0.2, 0) is 11.3 Å². The van der Waals surface area contributed by atoms with Gasteiger partial charge in [-0.25, -0.2) is 0 Å². The molecule has 3 heteroatoms. The molecule has 0 fully saturated rings. The molecule has 0 N–H and O–H groups in total. The maximum absolute atomic E-state index is 12.0. The van der Waals surface area contributed by atoms with Gasteiger partial charge in [0.05, 0.1) is 6.10 Å². The van der Waals surface area contributed by atoms with E-state index in [1.807, 2.05) is 56.3 Å². The summed E-state index contributed by atoms with van der Waals surface area (Å²) in [7, 11) is 0. The van der Waals surface area contributed by atoms with E-state index in [1.165, 1.54) is 0 Å². The molecule has 0 aliphatic heterocycles. The van der Waals surface area contributed by atoms with Crippen molar-refractivity contribution in [2.45, 2.75) is 26.6 Å². The van der Waals surface area contributed by atoms with Crippen LogP contribution in [0.5, 0.6) is 5.75 Å². The van der Waals surface area contributed by atoms with Gasteiger partial charge >= 0.3 is 0 Å². The first-order valence-corrected chi connectivity index (χ1v) is 7.07. The second kappa shape index (κ2) is 7.60. The molecule has 0 aliphatic carbocycles. The van der Waals surface area contributed by atoms with E-state index < -0.39 is 0 Å². The number of carbonyl (C=O) groups is 1. The first-order valence-electron chi connectivity index (χ1n) is 7.07. The molecule has 0 unspecified atom stereocenters. The van der Waals surface area contributed by atoms with Gasteiger partial charge in [0.25, 0.3) is 0 Å². The molecular weight excluding hydrogens is 264 g/mol. The van der Waals surface area contributed by atoms with Crippen molar-refractivity contribution < 1.29 is 14.3 Å². The molecule has 0 bridgehead atoms. The Morgan fingerprint density at radius 3 is 2.52 bits per heavy atom. The predicted molar refractivity (Wildman–Crippen MR) is 82.6 cm³/mol. The van der Waals surface area contributed by atoms with Gasteiger partial charge in [0.15, 0.2) is 5.78 Å². The standard InChI is InChI=1S/C18H20O3/c1-14(2)20-13-18(19)16-9-6-10-17(11-16)21-12-15-7-4-3-5-8-15/h3-11,14H,12-13H2,1-2H3. The van der Waals surface area contributed by atoms with Gasteiger partial charge in [-0.3, -0.25) is 4.79 Å². The zero-order chi connectivity index (χ0) is 15.1. The number of Topliss-reactive ketones (excluding diaryl/α,β-unsaturated/α-hetero) is 1. The first-order chi connectivity index (χ1) is 10.1. The second-order valence-corrected chi connectivity index (χ2v) is 5.09. The van der Waals surface area contributed by atoms with Gasteiger partial charge < -0.3 is 9.47 Å². The van der Waals surface area contributed by atoms with E-state index in [0.717, 1.165) is 5.56 Å². The van der Waals surface area contributed by atoms with E-state index in [1.54, 1.807) is 12.1 Å². The summed E-state index contributed by atoms with van der Waals surface area (Å²) in [5, 5.41) is 0. The van der Waals surface area contributed by atoms with Crippen molar-refractivity contribution in [2.24, 2.45) is 0 Å². The van der Waals surface area contributed by atoms with E-state index >= 15 is 0 Å². The maximum atomic E-state index is 12.0. The van der Waals surface area contributed by atoms with Gasteiger partial charge in [-0.2, -0.15) is 0 Å². The lowest BCUT2D eigenvalue weighted by molar-refractivity contribution is 0.0584. The summed E-state index contributed by atoms with van der Waals surface area (Å²) in [4.78, 5) is 12.0. The van der Waals surface area contributed by atoms with Crippen LogP contribution in [0.4, 0.5) is 0 Å². The topological polar surface area (TPSA) is 35.5 Å². The molecule has 3 nitrogen and oxygen atoms in total. The van der Waals surface area contributed by atoms with E-state index in [2.05, 4.69) is 0 Å². The summed E-state index contributed by atoms with van der Waals surface area (Å²) in [6.45, 7) is 4.40. The van der Waals surface area contributed by atoms with Crippen molar-refractivity contribution >= 4 is 5.78 Å². The lowest BCUT2D eigenvalue weighted by Crippen LogP contribution is -2.13. The lowest BCUT2D eigenvalue weighted by Gasteiger charge is -2.09. The van der Waals surface area contributed by atoms with E-state index in [9.17, 15) is 4.79 Å². The molecule has 0 saturated carbocycles. The highest BCUT2D eigenvalue weighted by Gasteiger charge is 2.08. The fourth-order valence-electron chi connectivity index (χ4n) is 1.83. The Balaban J connectivity index is 1.96. The lowest BCUT2D eigenvalue weighted by atomic mass is 10.1. The number of benzene rings is 2. The average molecular weight is 284 g/mol. The molecule has 0 spiro atoms. The van der Waals surface area contributed by atoms with Crippen molar-refractivity contribution in [1.29, 1.82) is 0 Å². The summed E-state index contributed by atoms with van der Waals surface area (Å²) in [6, 6.07) is 17.1. The second-order valence-electron chi connectivity index (χ2n) is 5.09. The Hall–Kier alpha value is -2.13. The third-order valence-corrected chi connectivity index (χ3v) is 2.95. The fraction of sp³-hybridized carbons (Fsp3) is 0.278. The molecule has 0 amide bonds. The summed E-state index contributed by atoms with van der Waals surface area (Å²) in [5.74, 6) is 0.656. The third kappa shape index (κ3) is 5.04. The molecule has 21 heavy (non-hydrogen) atoms. The van der Waals surface area contributed by atoms with Crippen LogP contribution in [0.15, 0.2) is 54.6 Å². The van der Waals surface area contributed by atoms with Gasteiger partial charge in [0, 0.05) is 5.56 Å². The van der Waals surface area contributed by atoms with Crippen molar-refractivity contribution in [3.8, 4) is 5.75 Å². The van der Waals surface area contributed by atoms with Gasteiger partial charge in [-0.15, -0.1) is 0 Å². The van der Waals surface area contributed by atoms with Crippen molar-refractivity contribution in [3.05, 3.63) is 65.7 Å². The fourth-order valence-corrected chi connectivity index (χ4v) is 1.83. The minimum absolute atomic E-state index is 0.0335. The Bertz CT molecular complexity index is 576. The predicted octanol–water partition coefficient (Wildman–Crippen LogP) is 3.87. The van der Waals surface area contributed by atoms with E-state index in [0.29, 0.717) is 17.9 Å². The highest BCUT2D eigenvalue weighted by Crippen LogP contribution is 2.16. The summed E-state index contributed by atoms with van der Waals surface area (Å²) < 4.78 is 11.1. The smallest absolute Gasteiger partial charge is 0.188 e. The number of carbonyl (C=O) groups excluding carboxylic acids is 1. The highest BCUT2D eigenvalue weighted by molar-refractivity contribution is 5.97. The van der Waals surface area contributed by atoms with Crippen molar-refractivity contribution in [1.82, 2.24) is 0 Å². The molecule has 0 radical (unpaired) electrons. The normalized spacial score (nSPS) is 10.6. The largest absolute Gasteiger partial charge is 0.489 e. The Kier molecular flexibility index (Phi) is 5.52. The number of ketones is 1. The Labute approximate surface area is 125 Å². The van der Waals surface area contributed by atoms with Gasteiger partial charge in [0.2, 0.25) is 0 Å². The zero-order valence-electron chi connectivity index (χ0n) is 12.4. The molecule has 2 aromatic carbocycles. The SMILES string of the molecule is CC(C)OCC(=O)c1cccc(OCc2ccccc2)c1. The van der Waals surface area contributed by atoms with Crippen LogP contribution in [0, 0.1) is 0 Å². The van der Waals surface area contributed by atoms with Crippen LogP contribution < -0.4 is 4.74 Å². The van der Waals surface area contributed by atoms with Gasteiger partial charge in [-0.1, -0.05) is 42.5 Å². The molecule has 110 valence electrons. The number of rotatable bonds is 7. The molecule has 0 atom stereocenters. The van der Waals surface area contributed by atoms with E-state index in [4.69, 9.17) is 9.47 Å². The zero-order valence-corrected chi connectivity index (χ0v) is 12.4. The number of hydrogen-bond donors (Lipinski definition) is 0. The van der Waals surface area contributed by atoms with Crippen LogP contribution in [0.3, 0.4) is 0 Å². The minimum Gasteiger partial charge on any atom is -0.489 e. The molecule has 0 aliphatic rings. The summed E-state index contributed by atoms with van der Waals surface area (Å²) in [5.41, 5.74) is 1.71. The summed E-state index contributed by atoms with van der Waals surface area (Å²) >= 11 is 0. The Morgan fingerprint density at radius 2 is 1.81 bits per heavy atom. The molecule has 0 heterocycles. The number of hydrogen-bond acceptors (Lipinski definition) is 3. The van der Waals surface area contributed by atoms with Crippen LogP contribution in [0.2, 0.25) is 0 Å². The average Bonchev–Trinajstić information content (AvgIpc) is 2.52. The first kappa shape index (κ1) is 15.3. The quantitative estimate of drug-likeness (QED) is 0.724. The van der Waals surface area contributed by atoms with Gasteiger partial charge in [-0.05, 0) is 31.5 Å². The van der Waals surface area contributed by atoms with Crippen LogP contribution in [0.1, 0.15) is 29.8 Å². The molecule has 0 aromatic heterocycles. The van der Waals surface area contributed by atoms with Crippen LogP contribution >= 0.6 is 0 Å². The minimum atomic E-state index is -0.0335. The molecule has 2 aromatic rings. The molecular formula is C18H20O3. The molecule has 0 saturated heterocycles. The van der Waals surface area contributed by atoms with E-state index in [-0.39, 0.29) is 18.5 Å². The third-order valence-electron chi connectivity index (χ3n) is 2.95. The monoisotopic (exact) mass is 284 g/mol. The maximum Gasteiger partial charge on any atom is 0.188 e. The Morgan fingerprint density at radius 1 is 1.05 bits per heavy atom. The van der Waals surface area contributed by atoms with Gasteiger partial charge in [0.1, 0.15) is 19.0 Å². The van der Waals surface area contributed by atoms with Crippen molar-refractivity contribution in [2.75, 3.05) is 6.61 Å². The van der Waals surface area contributed by atoms with Crippen LogP contribution in [0.25, 0.3) is 0 Å². The van der Waals surface area contributed by atoms with Crippen LogP contribution in [-0.4, -0.2) is 18.5 Å². The molecule has 2 rings (SSSR count). The number of ether oxygens (including phenoxy) is 2. The summed E-state index contributed by atoms with van der Waals surface area (Å²) in [6.07, 6.45) is 0.0477.